The van der Waals surface area contributed by atoms with E-state index < -0.39 is 47.2 Å². The third-order valence-electron chi connectivity index (χ3n) is 3.93. The summed E-state index contributed by atoms with van der Waals surface area (Å²) in [6.07, 6.45) is 1.20. The van der Waals surface area contributed by atoms with Crippen LogP contribution < -0.4 is 11.2 Å². The largest absolute Gasteiger partial charge is 0.434 e. The quantitative estimate of drug-likeness (QED) is 0.424. The van der Waals surface area contributed by atoms with Crippen molar-refractivity contribution in [2.45, 2.75) is 31.4 Å². The summed E-state index contributed by atoms with van der Waals surface area (Å²) >= 11 is 0. The standard InChI is InChI=1S/C13H15N5O7/c19-6-9-8(20)3-10(25-9)17-5-7(11(21)15-13(17)22)4-16-2-1-14-12(16)18(23)24/h1-2,5,8-10,19-20H,3-4,6H2,(H,15,21,22)/t8-,9+,10+/m0/s1. The first-order chi connectivity index (χ1) is 11.9. The molecule has 0 bridgehead atoms. The molecule has 0 unspecified atom stereocenters. The fraction of sp³-hybridized carbons (Fsp3) is 0.462. The molecule has 3 N–H and O–H groups in total. The maximum atomic E-state index is 12.0. The molecular formula is C13H15N5O7. The van der Waals surface area contributed by atoms with E-state index in [0.29, 0.717) is 0 Å². The Balaban J connectivity index is 1.94. The first kappa shape index (κ1) is 17.0. The molecule has 1 aliphatic rings. The Labute approximate surface area is 139 Å². The number of hydrogen-bond acceptors (Lipinski definition) is 8. The Morgan fingerprint density at radius 3 is 2.88 bits per heavy atom. The molecule has 1 aliphatic heterocycles. The van der Waals surface area contributed by atoms with Gasteiger partial charge in [-0.15, -0.1) is 0 Å². The molecule has 3 rings (SSSR count). The Morgan fingerprint density at radius 1 is 1.48 bits per heavy atom. The lowest BCUT2D eigenvalue weighted by Crippen LogP contribution is -2.34. The Hall–Kier alpha value is -2.83. The fourth-order valence-corrected chi connectivity index (χ4v) is 2.68. The van der Waals surface area contributed by atoms with E-state index >= 15 is 0 Å². The second kappa shape index (κ2) is 6.58. The predicted molar refractivity (Wildman–Crippen MR) is 80.9 cm³/mol. The minimum atomic E-state index is -0.952. The Bertz CT molecular complexity index is 901. The summed E-state index contributed by atoms with van der Waals surface area (Å²) in [7, 11) is 0. The average Bonchev–Trinajstić information content (AvgIpc) is 3.16. The molecule has 134 valence electrons. The van der Waals surface area contributed by atoms with Crippen molar-refractivity contribution < 1.29 is 19.9 Å². The van der Waals surface area contributed by atoms with Crippen LogP contribution in [-0.4, -0.2) is 53.1 Å². The summed E-state index contributed by atoms with van der Waals surface area (Å²) in [4.78, 5) is 39.9. The number of hydrogen-bond donors (Lipinski definition) is 3. The van der Waals surface area contributed by atoms with Gasteiger partial charge in [-0.05, 0) is 4.92 Å². The van der Waals surface area contributed by atoms with Gasteiger partial charge in [0.25, 0.3) is 5.56 Å². The van der Waals surface area contributed by atoms with Crippen molar-refractivity contribution in [2.24, 2.45) is 0 Å². The lowest BCUT2D eigenvalue weighted by atomic mass is 10.2. The van der Waals surface area contributed by atoms with Crippen LogP contribution in [0.2, 0.25) is 0 Å². The van der Waals surface area contributed by atoms with Gasteiger partial charge in [-0.2, -0.15) is 0 Å². The molecule has 2 aromatic rings. The maximum absolute atomic E-state index is 12.0. The number of nitrogens with one attached hydrogen (secondary N) is 1. The van der Waals surface area contributed by atoms with Crippen LogP contribution in [0.15, 0.2) is 28.2 Å². The molecule has 0 amide bonds. The first-order valence-corrected chi connectivity index (χ1v) is 7.35. The van der Waals surface area contributed by atoms with Gasteiger partial charge in [-0.1, -0.05) is 4.98 Å². The van der Waals surface area contributed by atoms with Crippen molar-refractivity contribution in [2.75, 3.05) is 6.61 Å². The van der Waals surface area contributed by atoms with Gasteiger partial charge >= 0.3 is 11.6 Å². The molecule has 2 aromatic heterocycles. The number of rotatable bonds is 5. The summed E-state index contributed by atoms with van der Waals surface area (Å²) in [5, 5.41) is 29.8. The number of aromatic amines is 1. The average molecular weight is 353 g/mol. The summed E-state index contributed by atoms with van der Waals surface area (Å²) < 4.78 is 7.63. The molecule has 0 spiro atoms. The van der Waals surface area contributed by atoms with E-state index in [9.17, 15) is 24.8 Å². The summed E-state index contributed by atoms with van der Waals surface area (Å²) in [6, 6.07) is 0. The fourth-order valence-electron chi connectivity index (χ4n) is 2.68. The number of H-pyrrole nitrogens is 1. The summed E-state index contributed by atoms with van der Waals surface area (Å²) in [6.45, 7) is -0.589. The topological polar surface area (TPSA) is 166 Å². The molecule has 0 aliphatic carbocycles. The molecule has 3 atom stereocenters. The number of aliphatic hydroxyl groups excluding tert-OH is 2. The number of ether oxygens (including phenoxy) is 1. The highest BCUT2D eigenvalue weighted by Gasteiger charge is 2.35. The van der Waals surface area contributed by atoms with Crippen molar-refractivity contribution in [3.05, 3.63) is 55.1 Å². The van der Waals surface area contributed by atoms with Gasteiger partial charge in [-0.25, -0.2) is 9.36 Å². The van der Waals surface area contributed by atoms with E-state index in [0.717, 1.165) is 9.13 Å². The van der Waals surface area contributed by atoms with Crippen LogP contribution in [0.4, 0.5) is 5.95 Å². The van der Waals surface area contributed by atoms with Gasteiger partial charge in [0.2, 0.25) is 0 Å². The molecule has 3 heterocycles. The number of nitro groups is 1. The molecule has 25 heavy (non-hydrogen) atoms. The van der Waals surface area contributed by atoms with Gasteiger partial charge in [-0.3, -0.25) is 14.3 Å². The highest BCUT2D eigenvalue weighted by Crippen LogP contribution is 2.27. The monoisotopic (exact) mass is 353 g/mol. The normalized spacial score (nSPS) is 23.0. The third-order valence-corrected chi connectivity index (χ3v) is 3.93. The van der Waals surface area contributed by atoms with Crippen molar-refractivity contribution in [3.63, 3.8) is 0 Å². The Morgan fingerprint density at radius 2 is 2.24 bits per heavy atom. The molecule has 1 fully saturated rings. The minimum Gasteiger partial charge on any atom is -0.394 e. The smallest absolute Gasteiger partial charge is 0.394 e. The van der Waals surface area contributed by atoms with Gasteiger partial charge in [0, 0.05) is 12.6 Å². The van der Waals surface area contributed by atoms with E-state index in [1.54, 1.807) is 0 Å². The van der Waals surface area contributed by atoms with E-state index in [4.69, 9.17) is 9.84 Å². The van der Waals surface area contributed by atoms with Gasteiger partial charge < -0.3 is 25.1 Å². The van der Waals surface area contributed by atoms with Crippen LogP contribution in [0.25, 0.3) is 0 Å². The van der Waals surface area contributed by atoms with Gasteiger partial charge in [0.05, 0.1) is 18.3 Å². The van der Waals surface area contributed by atoms with Crippen LogP contribution in [-0.2, 0) is 11.3 Å². The highest BCUT2D eigenvalue weighted by molar-refractivity contribution is 5.13. The van der Waals surface area contributed by atoms with Crippen molar-refractivity contribution in [3.8, 4) is 0 Å². The Kier molecular flexibility index (Phi) is 4.48. The molecule has 1 saturated heterocycles. The summed E-state index contributed by atoms with van der Waals surface area (Å²) in [5.74, 6) is -0.440. The number of nitrogens with zero attached hydrogens (tertiary/aromatic N) is 4. The van der Waals surface area contributed by atoms with E-state index in [2.05, 4.69) is 9.97 Å². The SMILES string of the molecule is O=c1[nH]c(=O)n([C@H]2C[C@H](O)[C@@H](CO)O2)cc1Cn1ccnc1[N+](=O)[O-]. The second-order valence-corrected chi connectivity index (χ2v) is 5.55. The molecule has 12 heteroatoms. The second-order valence-electron chi connectivity index (χ2n) is 5.55. The molecule has 0 radical (unpaired) electrons. The van der Waals surface area contributed by atoms with Crippen LogP contribution in [0.5, 0.6) is 0 Å². The lowest BCUT2D eigenvalue weighted by molar-refractivity contribution is -0.396. The zero-order valence-electron chi connectivity index (χ0n) is 12.8. The van der Waals surface area contributed by atoms with Crippen LogP contribution in [0, 0.1) is 10.1 Å². The lowest BCUT2D eigenvalue weighted by Gasteiger charge is -2.15. The zero-order chi connectivity index (χ0) is 18.1. The minimum absolute atomic E-state index is 0.0574. The van der Waals surface area contributed by atoms with E-state index in [1.165, 1.54) is 18.6 Å². The molecular weight excluding hydrogens is 338 g/mol. The predicted octanol–water partition coefficient (Wildman–Crippen LogP) is -1.67. The third kappa shape index (κ3) is 3.22. The van der Waals surface area contributed by atoms with Crippen molar-refractivity contribution in [1.82, 2.24) is 19.1 Å². The van der Waals surface area contributed by atoms with Gasteiger partial charge in [0.1, 0.15) is 31.3 Å². The van der Waals surface area contributed by atoms with Crippen molar-refractivity contribution in [1.29, 1.82) is 0 Å². The van der Waals surface area contributed by atoms with Crippen molar-refractivity contribution >= 4 is 5.95 Å². The van der Waals surface area contributed by atoms with E-state index in [-0.39, 0.29) is 18.5 Å². The summed E-state index contributed by atoms with van der Waals surface area (Å²) in [5.41, 5.74) is -1.36. The van der Waals surface area contributed by atoms with Crippen LogP contribution in [0.3, 0.4) is 0 Å². The number of imidazole rings is 1. The zero-order valence-corrected chi connectivity index (χ0v) is 12.8. The highest BCUT2D eigenvalue weighted by atomic mass is 16.6. The number of aliphatic hydroxyl groups is 2. The molecule has 0 aromatic carbocycles. The van der Waals surface area contributed by atoms with Crippen LogP contribution in [0.1, 0.15) is 18.2 Å². The first-order valence-electron chi connectivity index (χ1n) is 7.35. The maximum Gasteiger partial charge on any atom is 0.434 e. The molecule has 0 saturated carbocycles. The van der Waals surface area contributed by atoms with E-state index in [1.807, 2.05) is 0 Å². The number of aromatic nitrogens is 4. The molecule has 12 nitrogen and oxygen atoms in total. The van der Waals surface area contributed by atoms with Gasteiger partial charge in [0.15, 0.2) is 0 Å². The van der Waals surface area contributed by atoms with Crippen LogP contribution >= 0.6 is 0 Å².